The van der Waals surface area contributed by atoms with Gasteiger partial charge in [0.1, 0.15) is 0 Å². The van der Waals surface area contributed by atoms with E-state index in [1.165, 1.54) is 17.4 Å². The third-order valence-corrected chi connectivity index (χ3v) is 4.73. The van der Waals surface area contributed by atoms with Crippen LogP contribution in [-0.4, -0.2) is 23.0 Å². The average molecular weight is 293 g/mol. The molecule has 0 saturated heterocycles. The molecule has 1 aromatic heterocycles. The highest BCUT2D eigenvalue weighted by Gasteiger charge is 2.35. The van der Waals surface area contributed by atoms with E-state index in [2.05, 4.69) is 19.2 Å². The number of carbonyl (C=O) groups excluding carboxylic acids is 1. The van der Waals surface area contributed by atoms with Crippen LogP contribution in [0.1, 0.15) is 48.3 Å². The summed E-state index contributed by atoms with van der Waals surface area (Å²) in [5, 5.41) is 13.4. The molecular weight excluding hydrogens is 274 g/mol. The highest BCUT2D eigenvalue weighted by Crippen LogP contribution is 2.37. The highest BCUT2D eigenvalue weighted by molar-refractivity contribution is 7.11. The first-order valence-corrected chi connectivity index (χ1v) is 7.57. The first-order valence-electron chi connectivity index (χ1n) is 6.69. The summed E-state index contributed by atoms with van der Waals surface area (Å²) in [4.78, 5) is 23.4. The molecule has 1 amide bonds. The first-order chi connectivity index (χ1) is 9.38. The van der Waals surface area contributed by atoms with Gasteiger partial charge in [0.25, 0.3) is 5.91 Å². The van der Waals surface area contributed by atoms with Gasteiger partial charge in [0, 0.05) is 22.4 Å². The zero-order valence-corrected chi connectivity index (χ0v) is 12.5. The molecule has 0 aliphatic heterocycles. The number of hydrogen-bond acceptors (Lipinski definition) is 3. The number of amides is 1. The fourth-order valence-electron chi connectivity index (χ4n) is 2.55. The maximum Gasteiger partial charge on any atom is 0.328 e. The van der Waals surface area contributed by atoms with E-state index < -0.39 is 5.97 Å². The Balaban J connectivity index is 2.01. The van der Waals surface area contributed by atoms with Crippen LogP contribution in [-0.2, 0) is 4.79 Å². The number of hydrogen-bond donors (Lipinski definition) is 2. The molecule has 0 spiro atoms. The van der Waals surface area contributed by atoms with E-state index in [1.54, 1.807) is 11.4 Å². The third-order valence-electron chi connectivity index (χ3n) is 3.83. The molecule has 1 atom stereocenters. The zero-order chi connectivity index (χ0) is 14.8. The predicted octanol–water partition coefficient (Wildman–Crippen LogP) is 3.15. The Morgan fingerprint density at radius 2 is 2.25 bits per heavy atom. The average Bonchev–Trinajstić information content (AvgIpc) is 2.94. The van der Waals surface area contributed by atoms with Crippen LogP contribution in [0.25, 0.3) is 6.08 Å². The van der Waals surface area contributed by atoms with E-state index in [9.17, 15) is 9.59 Å². The minimum atomic E-state index is -0.989. The maximum atomic E-state index is 12.2. The lowest BCUT2D eigenvalue weighted by molar-refractivity contribution is -0.131. The van der Waals surface area contributed by atoms with Gasteiger partial charge in [-0.25, -0.2) is 4.79 Å². The summed E-state index contributed by atoms with van der Waals surface area (Å²) in [6, 6.07) is 1.94. The van der Waals surface area contributed by atoms with E-state index in [0.717, 1.165) is 30.2 Å². The number of rotatable bonds is 4. The number of aliphatic carboxylic acids is 1. The maximum absolute atomic E-state index is 12.2. The van der Waals surface area contributed by atoms with Gasteiger partial charge in [-0.15, -0.1) is 11.3 Å². The summed E-state index contributed by atoms with van der Waals surface area (Å²) < 4.78 is 0. The Morgan fingerprint density at radius 3 is 2.85 bits per heavy atom. The molecule has 1 heterocycles. The van der Waals surface area contributed by atoms with E-state index >= 15 is 0 Å². The SMILES string of the molecule is CC1(C)CCCC1NC(=O)c1csc(C=CC(=O)O)c1. The minimum absolute atomic E-state index is 0.0730. The summed E-state index contributed by atoms with van der Waals surface area (Å²) in [5.74, 6) is -1.06. The number of carboxylic acid groups (broad SMARTS) is 1. The first kappa shape index (κ1) is 14.8. The van der Waals surface area contributed by atoms with Crippen molar-refractivity contribution in [3.05, 3.63) is 28.0 Å². The van der Waals surface area contributed by atoms with Gasteiger partial charge in [-0.2, -0.15) is 0 Å². The van der Waals surface area contributed by atoms with Crippen molar-refractivity contribution in [3.8, 4) is 0 Å². The molecule has 5 heteroatoms. The molecule has 1 aromatic rings. The van der Waals surface area contributed by atoms with Crippen LogP contribution in [0.2, 0.25) is 0 Å². The quantitative estimate of drug-likeness (QED) is 0.838. The van der Waals surface area contributed by atoms with Crippen molar-refractivity contribution in [2.45, 2.75) is 39.2 Å². The summed E-state index contributed by atoms with van der Waals surface area (Å²) >= 11 is 1.37. The van der Waals surface area contributed by atoms with Gasteiger partial charge >= 0.3 is 5.97 Å². The molecule has 2 rings (SSSR count). The van der Waals surface area contributed by atoms with Crippen molar-refractivity contribution in [1.82, 2.24) is 5.32 Å². The summed E-state index contributed by atoms with van der Waals surface area (Å²) in [7, 11) is 0. The lowest BCUT2D eigenvalue weighted by Gasteiger charge is -2.27. The van der Waals surface area contributed by atoms with Crippen molar-refractivity contribution < 1.29 is 14.7 Å². The largest absolute Gasteiger partial charge is 0.478 e. The van der Waals surface area contributed by atoms with Crippen molar-refractivity contribution in [1.29, 1.82) is 0 Å². The fraction of sp³-hybridized carbons (Fsp3) is 0.467. The fourth-order valence-corrected chi connectivity index (χ4v) is 3.33. The molecule has 108 valence electrons. The van der Waals surface area contributed by atoms with Crippen molar-refractivity contribution in [3.63, 3.8) is 0 Å². The van der Waals surface area contributed by atoms with Gasteiger partial charge < -0.3 is 10.4 Å². The number of nitrogens with one attached hydrogen (secondary N) is 1. The highest BCUT2D eigenvalue weighted by atomic mass is 32.1. The van der Waals surface area contributed by atoms with E-state index in [4.69, 9.17) is 5.11 Å². The molecule has 4 nitrogen and oxygen atoms in total. The monoisotopic (exact) mass is 293 g/mol. The summed E-state index contributed by atoms with van der Waals surface area (Å²) in [6.07, 6.45) is 5.88. The number of carbonyl (C=O) groups is 2. The lowest BCUT2D eigenvalue weighted by atomic mass is 9.87. The number of thiophene rings is 1. The van der Waals surface area contributed by atoms with Gasteiger partial charge in [0.05, 0.1) is 5.56 Å². The van der Waals surface area contributed by atoms with Crippen LogP contribution in [0.3, 0.4) is 0 Å². The van der Waals surface area contributed by atoms with Gasteiger partial charge in [-0.3, -0.25) is 4.79 Å². The summed E-state index contributed by atoms with van der Waals surface area (Å²) in [5.41, 5.74) is 0.750. The van der Waals surface area contributed by atoms with E-state index in [0.29, 0.717) is 5.56 Å². The molecule has 0 radical (unpaired) electrons. The molecule has 1 unspecified atom stereocenters. The molecule has 2 N–H and O–H groups in total. The van der Waals surface area contributed by atoms with Gasteiger partial charge in [0.15, 0.2) is 0 Å². The molecule has 1 saturated carbocycles. The van der Waals surface area contributed by atoms with E-state index in [-0.39, 0.29) is 17.4 Å². The van der Waals surface area contributed by atoms with Crippen molar-refractivity contribution in [2.24, 2.45) is 5.41 Å². The standard InChI is InChI=1S/C15H19NO3S/c1-15(2)7-3-4-12(15)16-14(19)10-8-11(20-9-10)5-6-13(17)18/h5-6,8-9,12H,3-4,7H2,1-2H3,(H,16,19)(H,17,18). The molecular formula is C15H19NO3S. The second-order valence-electron chi connectivity index (χ2n) is 5.82. The second kappa shape index (κ2) is 5.79. The normalized spacial score (nSPS) is 21.2. The van der Waals surface area contributed by atoms with Crippen LogP contribution in [0, 0.1) is 5.41 Å². The Labute approximate surface area is 122 Å². The Hall–Kier alpha value is -1.62. The molecule has 20 heavy (non-hydrogen) atoms. The zero-order valence-electron chi connectivity index (χ0n) is 11.7. The predicted molar refractivity (Wildman–Crippen MR) is 79.9 cm³/mol. The molecule has 1 aliphatic carbocycles. The number of carboxylic acids is 1. The Kier molecular flexibility index (Phi) is 4.28. The topological polar surface area (TPSA) is 66.4 Å². The van der Waals surface area contributed by atoms with Crippen molar-refractivity contribution >= 4 is 29.3 Å². The van der Waals surface area contributed by atoms with Gasteiger partial charge in [-0.1, -0.05) is 20.3 Å². The van der Waals surface area contributed by atoms with E-state index in [1.807, 2.05) is 0 Å². The van der Waals surface area contributed by atoms with Crippen LogP contribution in [0.5, 0.6) is 0 Å². The summed E-state index contributed by atoms with van der Waals surface area (Å²) in [6.45, 7) is 4.36. The minimum Gasteiger partial charge on any atom is -0.478 e. The van der Waals surface area contributed by atoms with Crippen LogP contribution >= 0.6 is 11.3 Å². The second-order valence-corrected chi connectivity index (χ2v) is 6.76. The molecule has 0 bridgehead atoms. The third kappa shape index (κ3) is 3.48. The van der Waals surface area contributed by atoms with Crippen LogP contribution in [0.4, 0.5) is 0 Å². The van der Waals surface area contributed by atoms with Gasteiger partial charge in [0.2, 0.25) is 0 Å². The van der Waals surface area contributed by atoms with Crippen LogP contribution < -0.4 is 5.32 Å². The Morgan fingerprint density at radius 1 is 1.50 bits per heavy atom. The molecule has 1 aliphatic rings. The van der Waals surface area contributed by atoms with Crippen molar-refractivity contribution in [2.75, 3.05) is 0 Å². The lowest BCUT2D eigenvalue weighted by Crippen LogP contribution is -2.41. The van der Waals surface area contributed by atoms with Crippen LogP contribution in [0.15, 0.2) is 17.5 Å². The molecule has 0 aromatic carbocycles. The van der Waals surface area contributed by atoms with Gasteiger partial charge in [-0.05, 0) is 30.4 Å². The smallest absolute Gasteiger partial charge is 0.328 e. The Bertz CT molecular complexity index is 545. The molecule has 1 fully saturated rings.